The molecule has 1 aliphatic rings. The number of para-hydroxylation sites is 5. The molecule has 0 aliphatic heterocycles. The normalized spacial score (nSPS) is 13.6. The average molecular weight is 712 g/mol. The van der Waals surface area contributed by atoms with E-state index in [4.69, 9.17) is 0 Å². The first kappa shape index (κ1) is 31.5. The van der Waals surface area contributed by atoms with Gasteiger partial charge in [0.05, 0.1) is 50.2 Å². The number of hydrogen-bond donors (Lipinski definition) is 0. The highest BCUT2D eigenvalue weighted by molar-refractivity contribution is 6.12. The fourth-order valence-electron chi connectivity index (χ4n) is 8.53. The summed E-state index contributed by atoms with van der Waals surface area (Å²) in [6, 6.07) is 35.4. The van der Waals surface area contributed by atoms with Gasteiger partial charge in [0.2, 0.25) is 0 Å². The minimum atomic E-state index is -5.12. The quantitative estimate of drug-likeness (QED) is 0.162. The van der Waals surface area contributed by atoms with E-state index < -0.39 is 40.5 Å². The lowest BCUT2D eigenvalue weighted by Crippen LogP contribution is -2.23. The van der Waals surface area contributed by atoms with E-state index >= 15 is 26.3 Å². The number of rotatable bonds is 3. The summed E-state index contributed by atoms with van der Waals surface area (Å²) in [6.07, 6.45) is -5.39. The summed E-state index contributed by atoms with van der Waals surface area (Å²) in [4.78, 5) is 0. The highest BCUT2D eigenvalue weighted by Crippen LogP contribution is 2.51. The van der Waals surface area contributed by atoms with Gasteiger partial charge >= 0.3 is 12.4 Å². The largest absolute Gasteiger partial charge is 0.420 e. The summed E-state index contributed by atoms with van der Waals surface area (Å²) in [5.74, 6) is 0. The van der Waals surface area contributed by atoms with Crippen LogP contribution in [-0.2, 0) is 18.8 Å². The van der Waals surface area contributed by atoms with Crippen LogP contribution >= 0.6 is 0 Å². The van der Waals surface area contributed by atoms with Crippen LogP contribution in [-0.4, -0.2) is 13.7 Å². The summed E-state index contributed by atoms with van der Waals surface area (Å²) in [5, 5.41) is 3.19. The van der Waals surface area contributed by atoms with E-state index in [2.05, 4.69) is 0 Å². The highest BCUT2D eigenvalue weighted by Gasteiger charge is 2.46. The summed E-state index contributed by atoms with van der Waals surface area (Å²) >= 11 is 0. The van der Waals surface area contributed by atoms with Crippen molar-refractivity contribution in [3.05, 3.63) is 156 Å². The van der Waals surface area contributed by atoms with E-state index in [0.29, 0.717) is 79.1 Å². The minimum absolute atomic E-state index is 0.353. The van der Waals surface area contributed by atoms with Crippen LogP contribution < -0.4 is 0 Å². The van der Waals surface area contributed by atoms with Crippen LogP contribution in [0, 0.1) is 0 Å². The first-order valence-electron chi connectivity index (χ1n) is 17.2. The molecule has 9 heteroatoms. The number of benzene rings is 6. The zero-order valence-corrected chi connectivity index (χ0v) is 27.8. The van der Waals surface area contributed by atoms with Gasteiger partial charge in [-0.25, -0.2) is 0 Å². The van der Waals surface area contributed by atoms with E-state index in [-0.39, 0.29) is 0 Å². The molecule has 9 aromatic rings. The number of nitrogens with zero attached hydrogens (tertiary/aromatic N) is 3. The van der Waals surface area contributed by atoms with E-state index in [9.17, 15) is 0 Å². The van der Waals surface area contributed by atoms with Crippen LogP contribution in [0.5, 0.6) is 0 Å². The fraction of sp³-hybridized carbons (Fsp3) is 0.0909. The smallest absolute Gasteiger partial charge is 0.309 e. The van der Waals surface area contributed by atoms with E-state index in [0.717, 1.165) is 5.56 Å². The van der Waals surface area contributed by atoms with Gasteiger partial charge in [0.1, 0.15) is 5.56 Å². The van der Waals surface area contributed by atoms with E-state index in [1.807, 2.05) is 12.1 Å². The van der Waals surface area contributed by atoms with Gasteiger partial charge in [-0.2, -0.15) is 26.3 Å². The SMILES string of the molecule is FC(F)(F)c1cc(-n2c3c(c4ccccc42)CCC=C3)c(C(F)(F)F)c(-n2c3ccccc3c3ccccc32)c1-n1c2ccccc2c2ccccc21. The van der Waals surface area contributed by atoms with Crippen molar-refractivity contribution in [1.29, 1.82) is 0 Å². The van der Waals surface area contributed by atoms with Crippen molar-refractivity contribution in [2.24, 2.45) is 0 Å². The lowest BCUT2D eigenvalue weighted by molar-refractivity contribution is -0.141. The number of allylic oxidation sites excluding steroid dienone is 1. The number of halogens is 6. The molecule has 10 rings (SSSR count). The Labute approximate surface area is 298 Å². The Kier molecular flexibility index (Phi) is 6.62. The molecular weight excluding hydrogens is 684 g/mol. The number of aromatic nitrogens is 3. The molecular formula is C44H27F6N3. The molecule has 3 heterocycles. The molecule has 0 saturated heterocycles. The van der Waals surface area contributed by atoms with Crippen LogP contribution in [0.3, 0.4) is 0 Å². The molecule has 53 heavy (non-hydrogen) atoms. The molecule has 0 amide bonds. The predicted octanol–water partition coefficient (Wildman–Crippen LogP) is 12.8. The van der Waals surface area contributed by atoms with Gasteiger partial charge < -0.3 is 13.7 Å². The molecule has 260 valence electrons. The molecule has 0 radical (unpaired) electrons. The summed E-state index contributed by atoms with van der Waals surface area (Å²) in [5.41, 5.74) is -1.08. The summed E-state index contributed by atoms with van der Waals surface area (Å²) in [7, 11) is 0. The zero-order valence-electron chi connectivity index (χ0n) is 27.8. The minimum Gasteiger partial charge on any atom is -0.309 e. The van der Waals surface area contributed by atoms with Gasteiger partial charge in [0.25, 0.3) is 0 Å². The molecule has 3 nitrogen and oxygen atoms in total. The van der Waals surface area contributed by atoms with Crippen LogP contribution in [0.4, 0.5) is 26.3 Å². The molecule has 0 fully saturated rings. The molecule has 1 aliphatic carbocycles. The van der Waals surface area contributed by atoms with Gasteiger partial charge in [-0.3, -0.25) is 0 Å². The number of fused-ring (bicyclic) bond motifs is 9. The maximum atomic E-state index is 16.5. The second kappa shape index (κ2) is 11.1. The number of alkyl halides is 6. The molecule has 0 bridgehead atoms. The maximum absolute atomic E-state index is 16.5. The Morgan fingerprint density at radius 3 is 1.32 bits per heavy atom. The van der Waals surface area contributed by atoms with Gasteiger partial charge in [-0.15, -0.1) is 0 Å². The molecule has 0 atom stereocenters. The van der Waals surface area contributed by atoms with Crippen molar-refractivity contribution in [1.82, 2.24) is 13.7 Å². The van der Waals surface area contributed by atoms with Crippen molar-refractivity contribution in [3.63, 3.8) is 0 Å². The van der Waals surface area contributed by atoms with Crippen molar-refractivity contribution >= 4 is 60.6 Å². The lowest BCUT2D eigenvalue weighted by Gasteiger charge is -2.28. The lowest BCUT2D eigenvalue weighted by atomic mass is 9.99. The first-order valence-corrected chi connectivity index (χ1v) is 17.2. The Balaban J connectivity index is 1.53. The van der Waals surface area contributed by atoms with Crippen LogP contribution in [0.25, 0.3) is 77.7 Å². The summed E-state index contributed by atoms with van der Waals surface area (Å²) in [6.45, 7) is 0. The Bertz CT molecular complexity index is 2880. The molecule has 0 unspecified atom stereocenters. The Hall–Kier alpha value is -6.22. The zero-order chi connectivity index (χ0) is 36.2. The van der Waals surface area contributed by atoms with Crippen molar-refractivity contribution in [3.8, 4) is 17.1 Å². The molecule has 0 N–H and O–H groups in total. The van der Waals surface area contributed by atoms with E-state index in [1.54, 1.807) is 121 Å². The molecule has 0 spiro atoms. The third-order valence-corrected chi connectivity index (χ3v) is 10.5. The van der Waals surface area contributed by atoms with E-state index in [1.165, 1.54) is 13.7 Å². The third kappa shape index (κ3) is 4.49. The topological polar surface area (TPSA) is 14.8 Å². The standard InChI is InChI=1S/C44H27F6N3/c45-43(46,47)32-25-39(51-33-19-7-1-13-26(33)27-14-2-8-20-34(27)51)40(44(48,49)50)42(53-37-23-11-5-17-30(37)31-18-6-12-24-38(31)53)41(32)52-35-21-9-3-15-28(35)29-16-4-10-22-36(29)52/h1,3-13,15-25H,2,14H2. The monoisotopic (exact) mass is 711 g/mol. The maximum Gasteiger partial charge on any atom is 0.420 e. The highest BCUT2D eigenvalue weighted by atomic mass is 19.4. The second-order valence-corrected chi connectivity index (χ2v) is 13.4. The fourth-order valence-corrected chi connectivity index (χ4v) is 8.53. The first-order chi connectivity index (χ1) is 25.6. The van der Waals surface area contributed by atoms with Crippen LogP contribution in [0.1, 0.15) is 28.8 Å². The van der Waals surface area contributed by atoms with Crippen molar-refractivity contribution < 1.29 is 26.3 Å². The average Bonchev–Trinajstić information content (AvgIpc) is 3.79. The van der Waals surface area contributed by atoms with Gasteiger partial charge in [0.15, 0.2) is 0 Å². The van der Waals surface area contributed by atoms with Crippen molar-refractivity contribution in [2.45, 2.75) is 25.2 Å². The van der Waals surface area contributed by atoms with Gasteiger partial charge in [-0.05, 0) is 60.9 Å². The Morgan fingerprint density at radius 2 is 0.868 bits per heavy atom. The van der Waals surface area contributed by atoms with Crippen LogP contribution in [0.2, 0.25) is 0 Å². The second-order valence-electron chi connectivity index (χ2n) is 13.4. The van der Waals surface area contributed by atoms with Crippen molar-refractivity contribution in [2.75, 3.05) is 0 Å². The molecule has 6 aromatic carbocycles. The van der Waals surface area contributed by atoms with Gasteiger partial charge in [0, 0.05) is 32.6 Å². The third-order valence-electron chi connectivity index (χ3n) is 10.5. The molecule has 3 aromatic heterocycles. The number of aryl methyl sites for hydroxylation is 1. The van der Waals surface area contributed by atoms with Gasteiger partial charge in [-0.1, -0.05) is 97.1 Å². The predicted molar refractivity (Wildman–Crippen MR) is 199 cm³/mol. The molecule has 0 saturated carbocycles. The summed E-state index contributed by atoms with van der Waals surface area (Å²) < 4.78 is 102. The Morgan fingerprint density at radius 1 is 0.453 bits per heavy atom. The number of hydrogen-bond acceptors (Lipinski definition) is 0. The van der Waals surface area contributed by atoms with Crippen LogP contribution in [0.15, 0.2) is 133 Å².